The van der Waals surface area contributed by atoms with Gasteiger partial charge in [-0.15, -0.1) is 0 Å². The van der Waals surface area contributed by atoms with E-state index in [4.69, 9.17) is 0 Å². The first kappa shape index (κ1) is 33.1. The summed E-state index contributed by atoms with van der Waals surface area (Å²) >= 11 is 0. The predicted octanol–water partition coefficient (Wildman–Crippen LogP) is 2.70. The van der Waals surface area contributed by atoms with Crippen LogP contribution >= 0.6 is 0 Å². The van der Waals surface area contributed by atoms with E-state index in [2.05, 4.69) is 22.9 Å². The molecule has 0 spiro atoms. The molecule has 2 fully saturated rings. The van der Waals surface area contributed by atoms with Crippen molar-refractivity contribution in [2.75, 3.05) is 11.9 Å². The number of unbranched alkanes of at least 4 members (excludes halogenated alkanes) is 4. The molecule has 6 rings (SSSR count). The molecule has 4 aliphatic heterocycles. The Bertz CT molecular complexity index is 1690. The van der Waals surface area contributed by atoms with Gasteiger partial charge >= 0.3 is 0 Å². The zero-order chi connectivity index (χ0) is 33.8. The molecule has 246 valence electrons. The quantitative estimate of drug-likeness (QED) is 0.273. The third-order valence-electron chi connectivity index (χ3n) is 8.48. The summed E-state index contributed by atoms with van der Waals surface area (Å²) < 4.78 is 13.7. The van der Waals surface area contributed by atoms with Crippen LogP contribution in [-0.2, 0) is 19.2 Å². The number of anilines is 1. The number of nitrogens with zero attached hydrogens (tertiary/aromatic N) is 2. The molecule has 2 atom stereocenters. The smallest absolute Gasteiger partial charge is 0.265 e. The highest BCUT2D eigenvalue weighted by atomic mass is 19.1. The summed E-state index contributed by atoms with van der Waals surface area (Å²) in [5, 5.41) is 7.54. The summed E-state index contributed by atoms with van der Waals surface area (Å²) in [5.74, 6) is -5.42. The molecule has 0 aromatic heterocycles. The van der Waals surface area contributed by atoms with E-state index >= 15 is 0 Å². The van der Waals surface area contributed by atoms with Gasteiger partial charge in [0.1, 0.15) is 17.9 Å². The Morgan fingerprint density at radius 1 is 0.681 bits per heavy atom. The Hall–Kier alpha value is -5.27. The lowest BCUT2D eigenvalue weighted by atomic mass is 10.0. The molecule has 47 heavy (non-hydrogen) atoms. The second-order valence-corrected chi connectivity index (χ2v) is 11.6. The first-order chi connectivity index (χ1) is 22.5. The van der Waals surface area contributed by atoms with E-state index in [9.17, 15) is 42.7 Å². The van der Waals surface area contributed by atoms with Crippen molar-refractivity contribution in [2.45, 2.75) is 76.8 Å². The maximum Gasteiger partial charge on any atom is 0.265 e. The van der Waals surface area contributed by atoms with Crippen molar-refractivity contribution >= 4 is 52.9 Å². The van der Waals surface area contributed by atoms with E-state index in [-0.39, 0.29) is 42.7 Å². The molecule has 0 saturated carbocycles. The molecule has 3 N–H and O–H groups in total. The number of hydrogen-bond donors (Lipinski definition) is 3. The number of carbonyl (C=O) groups excluding carboxylic acids is 8. The lowest BCUT2D eigenvalue weighted by molar-refractivity contribution is -0.137. The molecule has 0 bridgehead atoms. The van der Waals surface area contributed by atoms with Crippen LogP contribution in [0.4, 0.5) is 10.1 Å². The Balaban J connectivity index is 0.000000193. The van der Waals surface area contributed by atoms with Crippen LogP contribution in [0.5, 0.6) is 0 Å². The van der Waals surface area contributed by atoms with Crippen LogP contribution in [0.25, 0.3) is 0 Å². The van der Waals surface area contributed by atoms with Gasteiger partial charge < -0.3 is 5.32 Å². The number of carbonyl (C=O) groups is 8. The minimum absolute atomic E-state index is 0.0340. The Morgan fingerprint density at radius 2 is 1.19 bits per heavy atom. The molecule has 2 saturated heterocycles. The maximum absolute atomic E-state index is 13.7. The van der Waals surface area contributed by atoms with Crippen molar-refractivity contribution in [3.8, 4) is 0 Å². The fraction of sp³-hybridized carbons (Fsp3) is 0.394. The van der Waals surface area contributed by atoms with Gasteiger partial charge in [0.05, 0.1) is 22.3 Å². The van der Waals surface area contributed by atoms with Gasteiger partial charge in [-0.1, -0.05) is 44.7 Å². The molecule has 2 unspecified atom stereocenters. The molecule has 8 amide bonds. The number of hydrogen-bond acceptors (Lipinski definition) is 9. The van der Waals surface area contributed by atoms with Crippen LogP contribution in [0.2, 0.25) is 0 Å². The lowest BCUT2D eigenvalue weighted by Crippen LogP contribution is -2.54. The van der Waals surface area contributed by atoms with Gasteiger partial charge in [-0.25, -0.2) is 4.39 Å². The zero-order valence-electron chi connectivity index (χ0n) is 25.7. The van der Waals surface area contributed by atoms with Crippen LogP contribution in [-0.4, -0.2) is 75.7 Å². The topological polar surface area (TPSA) is 179 Å². The molecule has 4 aliphatic rings. The average molecular weight is 648 g/mol. The number of amides is 8. The number of fused-ring (bicyclic) bond motifs is 2. The van der Waals surface area contributed by atoms with Crippen LogP contribution in [0.3, 0.4) is 0 Å². The van der Waals surface area contributed by atoms with Gasteiger partial charge in [-0.05, 0) is 43.5 Å². The number of nitrogens with one attached hydrogen (secondary N) is 3. The SMILES string of the molecule is CCCCCCCNc1cccc2c1C(=O)N(C1CCC(=O)NC1=O)C2=O.O=C1CCC(N2C(=O)c3cccc(F)c3C2=O)C(=O)N1. The third kappa shape index (κ3) is 6.53. The minimum Gasteiger partial charge on any atom is -0.384 e. The highest BCUT2D eigenvalue weighted by Gasteiger charge is 2.47. The highest BCUT2D eigenvalue weighted by Crippen LogP contribution is 2.33. The van der Waals surface area contributed by atoms with Gasteiger partial charge in [0.25, 0.3) is 23.6 Å². The standard InChI is InChI=1S/C20H25N3O4.C13H9FN2O4/c1-2-3-4-5-6-12-21-14-9-7-8-13-17(14)20(27)23(19(13)26)15-10-11-16(24)22-18(15)25;14-7-3-1-2-6-10(7)13(20)16(12(6)19)8-4-5-9(17)15-11(8)18/h7-9,15,21H,2-6,10-12H2,1H3,(H,22,24,25);1-3,8H,4-5H2,(H,15,17,18). The fourth-order valence-corrected chi connectivity index (χ4v) is 6.09. The van der Waals surface area contributed by atoms with E-state index in [1.807, 2.05) is 0 Å². The monoisotopic (exact) mass is 647 g/mol. The van der Waals surface area contributed by atoms with Crippen LogP contribution in [0.1, 0.15) is 106 Å². The van der Waals surface area contributed by atoms with Crippen molar-refractivity contribution in [2.24, 2.45) is 0 Å². The summed E-state index contributed by atoms with van der Waals surface area (Å²) in [4.78, 5) is 98.0. The van der Waals surface area contributed by atoms with E-state index < -0.39 is 59.3 Å². The molecule has 2 aromatic rings. The molecular weight excluding hydrogens is 613 g/mol. The second-order valence-electron chi connectivity index (χ2n) is 11.6. The molecule has 4 heterocycles. The molecule has 14 heteroatoms. The second kappa shape index (κ2) is 14.0. The van der Waals surface area contributed by atoms with Crippen LogP contribution in [0.15, 0.2) is 36.4 Å². The first-order valence-corrected chi connectivity index (χ1v) is 15.6. The number of piperidine rings is 2. The lowest BCUT2D eigenvalue weighted by Gasteiger charge is -2.27. The summed E-state index contributed by atoms with van der Waals surface area (Å²) in [6, 6.07) is 6.86. The van der Waals surface area contributed by atoms with E-state index in [0.717, 1.165) is 35.3 Å². The number of rotatable bonds is 9. The van der Waals surface area contributed by atoms with Crippen molar-refractivity contribution in [3.05, 3.63) is 64.5 Å². The van der Waals surface area contributed by atoms with Gasteiger partial charge in [0, 0.05) is 25.1 Å². The van der Waals surface area contributed by atoms with Crippen LogP contribution < -0.4 is 16.0 Å². The molecule has 0 radical (unpaired) electrons. The Morgan fingerprint density at radius 3 is 1.72 bits per heavy atom. The maximum atomic E-state index is 13.7. The number of halogens is 1. The van der Waals surface area contributed by atoms with Gasteiger partial charge in [0.2, 0.25) is 23.6 Å². The average Bonchev–Trinajstić information content (AvgIpc) is 3.44. The number of imide groups is 4. The predicted molar refractivity (Wildman–Crippen MR) is 163 cm³/mol. The summed E-state index contributed by atoms with van der Waals surface area (Å²) in [5.41, 5.74) is 0.875. The van der Waals surface area contributed by atoms with E-state index in [1.165, 1.54) is 31.4 Å². The van der Waals surface area contributed by atoms with Crippen molar-refractivity contribution < 1.29 is 42.7 Å². The zero-order valence-corrected chi connectivity index (χ0v) is 25.7. The number of benzene rings is 2. The summed E-state index contributed by atoms with van der Waals surface area (Å²) in [6.45, 7) is 2.89. The van der Waals surface area contributed by atoms with Crippen molar-refractivity contribution in [3.63, 3.8) is 0 Å². The molecule has 0 aliphatic carbocycles. The molecular formula is C33H34FN5O8. The third-order valence-corrected chi connectivity index (χ3v) is 8.48. The Labute approximate surface area is 269 Å². The van der Waals surface area contributed by atoms with Crippen molar-refractivity contribution in [1.29, 1.82) is 0 Å². The van der Waals surface area contributed by atoms with E-state index in [1.54, 1.807) is 18.2 Å². The molecule has 13 nitrogen and oxygen atoms in total. The molecule has 2 aromatic carbocycles. The van der Waals surface area contributed by atoms with Gasteiger partial charge in [-0.2, -0.15) is 0 Å². The summed E-state index contributed by atoms with van der Waals surface area (Å²) in [7, 11) is 0. The van der Waals surface area contributed by atoms with Gasteiger partial charge in [0.15, 0.2) is 0 Å². The van der Waals surface area contributed by atoms with E-state index in [0.29, 0.717) is 16.8 Å². The highest BCUT2D eigenvalue weighted by molar-refractivity contribution is 6.26. The largest absolute Gasteiger partial charge is 0.384 e. The van der Waals surface area contributed by atoms with Crippen molar-refractivity contribution in [1.82, 2.24) is 20.4 Å². The summed E-state index contributed by atoms with van der Waals surface area (Å²) in [6.07, 6.45) is 6.06. The Kier molecular flexibility index (Phi) is 9.87. The normalized spacial score (nSPS) is 20.5. The van der Waals surface area contributed by atoms with Gasteiger partial charge in [-0.3, -0.25) is 58.8 Å². The van der Waals surface area contributed by atoms with Crippen LogP contribution in [0, 0.1) is 5.82 Å². The first-order valence-electron chi connectivity index (χ1n) is 15.6. The fourth-order valence-electron chi connectivity index (χ4n) is 6.09. The minimum atomic E-state index is -1.07.